The third kappa shape index (κ3) is 4.43. The molecule has 1 N–H and O–H groups in total. The van der Waals surface area contributed by atoms with Gasteiger partial charge >= 0.3 is 0 Å². The van der Waals surface area contributed by atoms with Crippen molar-refractivity contribution in [3.8, 4) is 5.75 Å². The van der Waals surface area contributed by atoms with E-state index in [1.807, 2.05) is 32.0 Å². The number of carbonyl (C=O) groups excluding carboxylic acids is 1. The first-order valence-corrected chi connectivity index (χ1v) is 7.72. The van der Waals surface area contributed by atoms with Gasteiger partial charge in [-0.1, -0.05) is 28.1 Å². The van der Waals surface area contributed by atoms with Gasteiger partial charge in [0.15, 0.2) is 0 Å². The fourth-order valence-electron chi connectivity index (χ4n) is 1.79. The molecular formula is C17H17BrN2O2. The summed E-state index contributed by atoms with van der Waals surface area (Å²) in [7, 11) is 0. The maximum absolute atomic E-state index is 12.0. The van der Waals surface area contributed by atoms with E-state index < -0.39 is 0 Å². The van der Waals surface area contributed by atoms with E-state index >= 15 is 0 Å². The summed E-state index contributed by atoms with van der Waals surface area (Å²) >= 11 is 3.46. The quantitative estimate of drug-likeness (QED) is 0.648. The summed E-state index contributed by atoms with van der Waals surface area (Å²) in [5.41, 5.74) is 5.10. The molecule has 0 unspecified atom stereocenters. The maximum atomic E-state index is 12.0. The lowest BCUT2D eigenvalue weighted by molar-refractivity contribution is 0.0955. The van der Waals surface area contributed by atoms with Crippen molar-refractivity contribution in [2.75, 3.05) is 6.61 Å². The summed E-state index contributed by atoms with van der Waals surface area (Å²) < 4.78 is 6.34. The van der Waals surface area contributed by atoms with Gasteiger partial charge < -0.3 is 4.74 Å². The molecule has 0 saturated heterocycles. The lowest BCUT2D eigenvalue weighted by atomic mass is 10.2. The molecular weight excluding hydrogens is 344 g/mol. The summed E-state index contributed by atoms with van der Waals surface area (Å²) in [6.45, 7) is 4.53. The van der Waals surface area contributed by atoms with E-state index in [0.29, 0.717) is 12.2 Å². The normalized spacial score (nSPS) is 10.7. The molecule has 1 amide bonds. The van der Waals surface area contributed by atoms with E-state index in [9.17, 15) is 4.79 Å². The van der Waals surface area contributed by atoms with Crippen molar-refractivity contribution in [2.45, 2.75) is 13.8 Å². The van der Waals surface area contributed by atoms with E-state index in [-0.39, 0.29) is 5.91 Å². The Labute approximate surface area is 138 Å². The monoisotopic (exact) mass is 360 g/mol. The Morgan fingerprint density at radius 2 is 2.00 bits per heavy atom. The Bertz CT molecular complexity index is 682. The lowest BCUT2D eigenvalue weighted by Crippen LogP contribution is -2.17. The molecule has 2 aromatic carbocycles. The van der Waals surface area contributed by atoms with Crippen LogP contribution in [0.3, 0.4) is 0 Å². The molecule has 0 aliphatic carbocycles. The minimum atomic E-state index is -0.259. The Morgan fingerprint density at radius 3 is 2.64 bits per heavy atom. The minimum Gasteiger partial charge on any atom is -0.494 e. The number of hydrazone groups is 1. The highest BCUT2D eigenvalue weighted by atomic mass is 79.9. The first-order valence-electron chi connectivity index (χ1n) is 6.92. The second-order valence-corrected chi connectivity index (χ2v) is 5.52. The Morgan fingerprint density at radius 1 is 1.27 bits per heavy atom. The van der Waals surface area contributed by atoms with Crippen LogP contribution >= 0.6 is 15.9 Å². The highest BCUT2D eigenvalue weighted by Gasteiger charge is 2.04. The van der Waals surface area contributed by atoms with Gasteiger partial charge in [-0.2, -0.15) is 5.10 Å². The highest BCUT2D eigenvalue weighted by Crippen LogP contribution is 2.16. The molecule has 0 bridgehead atoms. The standard InChI is InChI=1S/C17H17BrN2O2/c1-3-22-15-8-6-14(7-9-15)17(21)20-19-11-13-5-4-12(2)16(18)10-13/h4-11H,3H2,1-2H3,(H,20,21)/b19-11-. The maximum Gasteiger partial charge on any atom is 0.271 e. The summed E-state index contributed by atoms with van der Waals surface area (Å²) in [6, 6.07) is 12.8. The average Bonchev–Trinajstić information content (AvgIpc) is 2.52. The Balaban J connectivity index is 1.96. The van der Waals surface area contributed by atoms with Crippen LogP contribution in [0.2, 0.25) is 0 Å². The molecule has 0 aliphatic rings. The predicted octanol–water partition coefficient (Wildman–Crippen LogP) is 3.92. The van der Waals surface area contributed by atoms with Crippen molar-refractivity contribution >= 4 is 28.1 Å². The molecule has 0 atom stereocenters. The number of hydrogen-bond acceptors (Lipinski definition) is 3. The molecule has 0 aliphatic heterocycles. The van der Waals surface area contributed by atoms with Gasteiger partial charge in [0.2, 0.25) is 0 Å². The van der Waals surface area contributed by atoms with Crippen LogP contribution in [0.15, 0.2) is 52.0 Å². The van der Waals surface area contributed by atoms with Crippen molar-refractivity contribution in [2.24, 2.45) is 5.10 Å². The summed E-state index contributed by atoms with van der Waals surface area (Å²) in [4.78, 5) is 12.0. The number of hydrogen-bond donors (Lipinski definition) is 1. The van der Waals surface area contributed by atoms with Gasteiger partial charge in [0.1, 0.15) is 5.75 Å². The number of carbonyl (C=O) groups is 1. The average molecular weight is 361 g/mol. The zero-order valence-electron chi connectivity index (χ0n) is 12.5. The largest absolute Gasteiger partial charge is 0.494 e. The van der Waals surface area contributed by atoms with Crippen molar-refractivity contribution in [1.29, 1.82) is 0 Å². The molecule has 2 rings (SSSR count). The second-order valence-electron chi connectivity index (χ2n) is 4.67. The number of aryl methyl sites for hydroxylation is 1. The predicted molar refractivity (Wildman–Crippen MR) is 91.6 cm³/mol. The first kappa shape index (κ1) is 16.2. The zero-order valence-corrected chi connectivity index (χ0v) is 14.1. The summed E-state index contributed by atoms with van der Waals surface area (Å²) in [6.07, 6.45) is 1.61. The molecule has 0 heterocycles. The van der Waals surface area contributed by atoms with Crippen LogP contribution in [0, 0.1) is 6.92 Å². The molecule has 0 fully saturated rings. The molecule has 4 nitrogen and oxygen atoms in total. The van der Waals surface area contributed by atoms with Crippen LogP contribution < -0.4 is 10.2 Å². The number of benzene rings is 2. The van der Waals surface area contributed by atoms with Crippen LogP contribution in [-0.4, -0.2) is 18.7 Å². The third-order valence-electron chi connectivity index (χ3n) is 3.00. The highest BCUT2D eigenvalue weighted by molar-refractivity contribution is 9.10. The van der Waals surface area contributed by atoms with Crippen molar-refractivity contribution in [1.82, 2.24) is 5.43 Å². The van der Waals surface area contributed by atoms with Crippen molar-refractivity contribution in [3.05, 3.63) is 63.6 Å². The van der Waals surface area contributed by atoms with Crippen LogP contribution in [-0.2, 0) is 0 Å². The van der Waals surface area contributed by atoms with Crippen molar-refractivity contribution in [3.63, 3.8) is 0 Å². The van der Waals surface area contributed by atoms with Gasteiger partial charge in [-0.15, -0.1) is 0 Å². The molecule has 0 radical (unpaired) electrons. The van der Waals surface area contributed by atoms with Crippen molar-refractivity contribution < 1.29 is 9.53 Å². The summed E-state index contributed by atoms with van der Waals surface area (Å²) in [5.74, 6) is 0.484. The SMILES string of the molecule is CCOc1ccc(C(=O)N/N=C\c2ccc(C)c(Br)c2)cc1. The van der Waals surface area contributed by atoms with Gasteiger partial charge in [0.05, 0.1) is 12.8 Å². The Hall–Kier alpha value is -2.14. The van der Waals surface area contributed by atoms with Crippen LogP contribution in [0.1, 0.15) is 28.4 Å². The zero-order chi connectivity index (χ0) is 15.9. The molecule has 5 heteroatoms. The van der Waals surface area contributed by atoms with Gasteiger partial charge in [0.25, 0.3) is 5.91 Å². The molecule has 2 aromatic rings. The van der Waals surface area contributed by atoms with E-state index in [2.05, 4.69) is 26.5 Å². The van der Waals surface area contributed by atoms with Crippen LogP contribution in [0.4, 0.5) is 0 Å². The van der Waals surface area contributed by atoms with E-state index in [4.69, 9.17) is 4.74 Å². The second kappa shape index (κ2) is 7.75. The fourth-order valence-corrected chi connectivity index (χ4v) is 2.19. The molecule has 0 saturated carbocycles. The minimum absolute atomic E-state index is 0.259. The number of halogens is 1. The number of amides is 1. The van der Waals surface area contributed by atoms with Crippen LogP contribution in [0.25, 0.3) is 0 Å². The smallest absolute Gasteiger partial charge is 0.271 e. The number of nitrogens with one attached hydrogen (secondary N) is 1. The number of rotatable bonds is 5. The topological polar surface area (TPSA) is 50.7 Å². The van der Waals surface area contributed by atoms with E-state index in [1.54, 1.807) is 30.5 Å². The third-order valence-corrected chi connectivity index (χ3v) is 3.86. The molecule has 22 heavy (non-hydrogen) atoms. The number of nitrogens with zero attached hydrogens (tertiary/aromatic N) is 1. The van der Waals surface area contributed by atoms with Crippen LogP contribution in [0.5, 0.6) is 5.75 Å². The van der Waals surface area contributed by atoms with E-state index in [1.165, 1.54) is 0 Å². The molecule has 0 aromatic heterocycles. The van der Waals surface area contributed by atoms with Gasteiger partial charge in [-0.25, -0.2) is 5.43 Å². The molecule has 114 valence electrons. The first-order chi connectivity index (χ1) is 10.6. The Kier molecular flexibility index (Phi) is 5.72. The van der Waals surface area contributed by atoms with E-state index in [0.717, 1.165) is 21.3 Å². The number of ether oxygens (including phenoxy) is 1. The van der Waals surface area contributed by atoms with Gasteiger partial charge in [-0.05, 0) is 55.3 Å². The fraction of sp³-hybridized carbons (Fsp3) is 0.176. The van der Waals surface area contributed by atoms with Gasteiger partial charge in [-0.3, -0.25) is 4.79 Å². The van der Waals surface area contributed by atoms with Gasteiger partial charge in [0, 0.05) is 10.0 Å². The molecule has 0 spiro atoms. The summed E-state index contributed by atoms with van der Waals surface area (Å²) in [5, 5.41) is 3.97. The lowest BCUT2D eigenvalue weighted by Gasteiger charge is -2.04.